The molecule has 2 rings (SSSR count). The highest BCUT2D eigenvalue weighted by atomic mass is 15.2. The number of pyridine rings is 1. The number of likely N-dealkylation sites (N-methyl/N-ethyl adjacent to an activating group) is 1. The van der Waals surface area contributed by atoms with E-state index in [0.717, 1.165) is 13.1 Å². The molecule has 0 aliphatic carbocycles. The third kappa shape index (κ3) is 4.13. The normalized spacial score (nSPS) is 12.6. The molecule has 2 aromatic rings. The lowest BCUT2D eigenvalue weighted by molar-refractivity contribution is 0.203. The molecule has 3 heteroatoms. The maximum Gasteiger partial charge on any atom is 0.0474 e. The van der Waals surface area contributed by atoms with Crippen molar-refractivity contribution in [2.24, 2.45) is 5.73 Å². The minimum Gasteiger partial charge on any atom is -0.329 e. The predicted octanol–water partition coefficient (Wildman–Crippen LogP) is 3.22. The summed E-state index contributed by atoms with van der Waals surface area (Å²) in [5, 5.41) is 0. The zero-order valence-corrected chi connectivity index (χ0v) is 13.2. The van der Waals surface area contributed by atoms with Crippen molar-refractivity contribution in [3.63, 3.8) is 0 Å². The molecular formula is C18H25N3. The number of hydrogen-bond donors (Lipinski definition) is 1. The van der Waals surface area contributed by atoms with Crippen molar-refractivity contribution in [2.45, 2.75) is 33.4 Å². The van der Waals surface area contributed by atoms with Gasteiger partial charge in [-0.2, -0.15) is 0 Å². The van der Waals surface area contributed by atoms with Crippen LogP contribution in [0.2, 0.25) is 0 Å². The van der Waals surface area contributed by atoms with Crippen LogP contribution < -0.4 is 5.73 Å². The summed E-state index contributed by atoms with van der Waals surface area (Å²) in [7, 11) is 0. The van der Waals surface area contributed by atoms with Gasteiger partial charge in [0, 0.05) is 31.5 Å². The van der Waals surface area contributed by atoms with Crippen molar-refractivity contribution < 1.29 is 0 Å². The molecule has 0 bridgehead atoms. The van der Waals surface area contributed by atoms with Crippen molar-refractivity contribution in [1.82, 2.24) is 9.88 Å². The molecule has 3 nitrogen and oxygen atoms in total. The molecule has 0 radical (unpaired) electrons. The first kappa shape index (κ1) is 15.7. The highest BCUT2D eigenvalue weighted by Gasteiger charge is 2.18. The Morgan fingerprint density at radius 3 is 2.24 bits per heavy atom. The third-order valence-electron chi connectivity index (χ3n) is 3.83. The predicted molar refractivity (Wildman–Crippen MR) is 88.0 cm³/mol. The van der Waals surface area contributed by atoms with E-state index in [9.17, 15) is 0 Å². The summed E-state index contributed by atoms with van der Waals surface area (Å²) < 4.78 is 0. The van der Waals surface area contributed by atoms with Crippen molar-refractivity contribution in [3.8, 4) is 0 Å². The largest absolute Gasteiger partial charge is 0.329 e. The lowest BCUT2D eigenvalue weighted by atomic mass is 9.99. The van der Waals surface area contributed by atoms with Crippen molar-refractivity contribution in [2.75, 3.05) is 13.1 Å². The van der Waals surface area contributed by atoms with Crippen LogP contribution >= 0.6 is 0 Å². The van der Waals surface area contributed by atoms with Crippen LogP contribution in [0.3, 0.4) is 0 Å². The second-order valence-electron chi connectivity index (χ2n) is 5.59. The zero-order chi connectivity index (χ0) is 15.2. The van der Waals surface area contributed by atoms with Crippen molar-refractivity contribution >= 4 is 0 Å². The highest BCUT2D eigenvalue weighted by molar-refractivity contribution is 5.31. The summed E-state index contributed by atoms with van der Waals surface area (Å²) in [6, 6.07) is 11.1. The Balaban J connectivity index is 2.24. The monoisotopic (exact) mass is 283 g/mol. The van der Waals surface area contributed by atoms with Gasteiger partial charge in [0.2, 0.25) is 0 Å². The minimum atomic E-state index is 0.252. The van der Waals surface area contributed by atoms with Crippen LogP contribution in [0.4, 0.5) is 0 Å². The second kappa shape index (κ2) is 7.34. The molecule has 2 N–H and O–H groups in total. The number of nitrogens with two attached hydrogens (primary N) is 1. The lowest BCUT2D eigenvalue weighted by Gasteiger charge is -2.30. The fraction of sp³-hybridized carbons (Fsp3) is 0.389. The molecule has 0 aliphatic heterocycles. The van der Waals surface area contributed by atoms with E-state index in [2.05, 4.69) is 61.0 Å². The van der Waals surface area contributed by atoms with E-state index in [1.165, 1.54) is 22.3 Å². The van der Waals surface area contributed by atoms with Gasteiger partial charge in [0.15, 0.2) is 0 Å². The highest BCUT2D eigenvalue weighted by Crippen LogP contribution is 2.23. The fourth-order valence-corrected chi connectivity index (χ4v) is 2.86. The number of hydrogen-bond acceptors (Lipinski definition) is 3. The van der Waals surface area contributed by atoms with E-state index in [0.29, 0.717) is 6.54 Å². The van der Waals surface area contributed by atoms with Gasteiger partial charge < -0.3 is 5.73 Å². The van der Waals surface area contributed by atoms with Crippen LogP contribution in [0.1, 0.15) is 35.2 Å². The first-order chi connectivity index (χ1) is 10.1. The average molecular weight is 283 g/mol. The minimum absolute atomic E-state index is 0.252. The Kier molecular flexibility index (Phi) is 5.48. The van der Waals surface area contributed by atoms with Gasteiger partial charge in [-0.1, -0.05) is 36.2 Å². The SMILES string of the molecule is CCN(Cc1ccncc1)C(CN)c1cc(C)cc(C)c1. The van der Waals surface area contributed by atoms with Crippen LogP contribution in [0.5, 0.6) is 0 Å². The first-order valence-corrected chi connectivity index (χ1v) is 7.55. The van der Waals surface area contributed by atoms with Gasteiger partial charge in [-0.15, -0.1) is 0 Å². The number of nitrogens with zero attached hydrogens (tertiary/aromatic N) is 2. The van der Waals surface area contributed by atoms with Crippen LogP contribution in [0.15, 0.2) is 42.7 Å². The number of aromatic nitrogens is 1. The summed E-state index contributed by atoms with van der Waals surface area (Å²) >= 11 is 0. The standard InChI is InChI=1S/C18H25N3/c1-4-21(13-16-5-7-20-8-6-16)18(12-19)17-10-14(2)9-15(3)11-17/h5-11,18H,4,12-13,19H2,1-3H3. The summed E-state index contributed by atoms with van der Waals surface area (Å²) in [6.45, 7) is 8.96. The molecule has 1 atom stereocenters. The Morgan fingerprint density at radius 1 is 1.10 bits per heavy atom. The Hall–Kier alpha value is -1.71. The smallest absolute Gasteiger partial charge is 0.0474 e. The molecule has 21 heavy (non-hydrogen) atoms. The molecule has 1 unspecified atom stereocenters. The number of rotatable bonds is 6. The van der Waals surface area contributed by atoms with E-state index >= 15 is 0 Å². The van der Waals surface area contributed by atoms with Crippen molar-refractivity contribution in [1.29, 1.82) is 0 Å². The van der Waals surface area contributed by atoms with E-state index in [1.54, 1.807) is 0 Å². The van der Waals surface area contributed by atoms with Crippen LogP contribution in [0.25, 0.3) is 0 Å². The lowest BCUT2D eigenvalue weighted by Crippen LogP contribution is -2.33. The zero-order valence-electron chi connectivity index (χ0n) is 13.2. The Morgan fingerprint density at radius 2 is 1.71 bits per heavy atom. The summed E-state index contributed by atoms with van der Waals surface area (Å²) in [6.07, 6.45) is 3.69. The molecule has 1 aromatic heterocycles. The molecule has 1 aromatic carbocycles. The molecule has 0 amide bonds. The van der Waals surface area contributed by atoms with Gasteiger partial charge in [-0.3, -0.25) is 9.88 Å². The van der Waals surface area contributed by atoms with Gasteiger partial charge >= 0.3 is 0 Å². The Labute approximate surface area is 127 Å². The van der Waals surface area contributed by atoms with Gasteiger partial charge in [0.25, 0.3) is 0 Å². The second-order valence-corrected chi connectivity index (χ2v) is 5.59. The van der Waals surface area contributed by atoms with E-state index in [4.69, 9.17) is 5.73 Å². The van der Waals surface area contributed by atoms with E-state index in [-0.39, 0.29) is 6.04 Å². The summed E-state index contributed by atoms with van der Waals surface area (Å²) in [4.78, 5) is 6.50. The van der Waals surface area contributed by atoms with E-state index in [1.807, 2.05) is 12.4 Å². The van der Waals surface area contributed by atoms with Gasteiger partial charge in [0.05, 0.1) is 0 Å². The molecule has 0 fully saturated rings. The maximum atomic E-state index is 6.08. The first-order valence-electron chi connectivity index (χ1n) is 7.55. The van der Waals surface area contributed by atoms with Gasteiger partial charge in [-0.05, 0) is 43.7 Å². The Bertz CT molecular complexity index is 546. The molecule has 0 aliphatic rings. The van der Waals surface area contributed by atoms with Crippen LogP contribution in [-0.4, -0.2) is 23.0 Å². The summed E-state index contributed by atoms with van der Waals surface area (Å²) in [5.74, 6) is 0. The van der Waals surface area contributed by atoms with Crippen molar-refractivity contribution in [3.05, 3.63) is 65.0 Å². The maximum absolute atomic E-state index is 6.08. The average Bonchev–Trinajstić information content (AvgIpc) is 2.47. The summed E-state index contributed by atoms with van der Waals surface area (Å²) in [5.41, 5.74) is 11.3. The van der Waals surface area contributed by atoms with Crippen LogP contribution in [-0.2, 0) is 6.54 Å². The molecular weight excluding hydrogens is 258 g/mol. The fourth-order valence-electron chi connectivity index (χ4n) is 2.86. The molecule has 0 saturated heterocycles. The van der Waals surface area contributed by atoms with E-state index < -0.39 is 0 Å². The van der Waals surface area contributed by atoms with Crippen LogP contribution in [0, 0.1) is 13.8 Å². The number of aryl methyl sites for hydroxylation is 2. The molecule has 0 spiro atoms. The molecule has 0 saturated carbocycles. The third-order valence-corrected chi connectivity index (χ3v) is 3.83. The van der Waals surface area contributed by atoms with Gasteiger partial charge in [-0.25, -0.2) is 0 Å². The number of benzene rings is 1. The topological polar surface area (TPSA) is 42.2 Å². The quantitative estimate of drug-likeness (QED) is 0.885. The molecule has 112 valence electrons. The van der Waals surface area contributed by atoms with Gasteiger partial charge in [0.1, 0.15) is 0 Å². The molecule has 1 heterocycles.